The number of aromatic nitrogens is 1. The van der Waals surface area contributed by atoms with Crippen LogP contribution >= 0.6 is 0 Å². The summed E-state index contributed by atoms with van der Waals surface area (Å²) in [6.45, 7) is 8.72. The first-order valence-corrected chi connectivity index (χ1v) is 8.78. The van der Waals surface area contributed by atoms with Gasteiger partial charge >= 0.3 is 0 Å². The van der Waals surface area contributed by atoms with Gasteiger partial charge in [-0.15, -0.1) is 0 Å². The number of hydrogen-bond donors (Lipinski definition) is 0. The van der Waals surface area contributed by atoms with Crippen LogP contribution < -0.4 is 0 Å². The van der Waals surface area contributed by atoms with Gasteiger partial charge in [-0.25, -0.2) is 0 Å². The van der Waals surface area contributed by atoms with Crippen LogP contribution in [-0.4, -0.2) is 16.0 Å². The molecule has 1 aromatic carbocycles. The molecule has 3 rings (SSSR count). The second kappa shape index (κ2) is 7.60. The van der Waals surface area contributed by atoms with Crippen molar-refractivity contribution in [3.63, 3.8) is 0 Å². The molecular weight excluding hydrogens is 328 g/mol. The molecule has 5 nitrogen and oxygen atoms in total. The van der Waals surface area contributed by atoms with Crippen LogP contribution in [0.1, 0.15) is 36.4 Å². The van der Waals surface area contributed by atoms with Crippen LogP contribution in [0.15, 0.2) is 51.6 Å². The average Bonchev–Trinajstić information content (AvgIpc) is 3.28. The Kier molecular flexibility index (Phi) is 5.26. The predicted molar refractivity (Wildman–Crippen MR) is 99.2 cm³/mol. The maximum absolute atomic E-state index is 12.6. The fraction of sp³-hybridized carbons (Fsp3) is 0.333. The number of hydrogen-bond acceptors (Lipinski definition) is 4. The van der Waals surface area contributed by atoms with Gasteiger partial charge < -0.3 is 13.8 Å². The monoisotopic (exact) mass is 352 g/mol. The van der Waals surface area contributed by atoms with Crippen LogP contribution in [-0.2, 0) is 17.9 Å². The van der Waals surface area contributed by atoms with Crippen molar-refractivity contribution in [2.45, 2.75) is 40.8 Å². The smallest absolute Gasteiger partial charge is 0.225 e. The van der Waals surface area contributed by atoms with Crippen molar-refractivity contribution in [3.05, 3.63) is 65.2 Å². The average molecular weight is 352 g/mol. The lowest BCUT2D eigenvalue weighted by atomic mass is 10.0. The fourth-order valence-corrected chi connectivity index (χ4v) is 2.78. The number of rotatable bonds is 6. The highest BCUT2D eigenvalue weighted by molar-refractivity contribution is 5.78. The van der Waals surface area contributed by atoms with E-state index in [1.807, 2.05) is 38.1 Å². The summed E-state index contributed by atoms with van der Waals surface area (Å²) < 4.78 is 10.9. The minimum absolute atomic E-state index is 0.0529. The van der Waals surface area contributed by atoms with Gasteiger partial charge in [-0.1, -0.05) is 31.1 Å². The van der Waals surface area contributed by atoms with E-state index in [2.05, 4.69) is 31.1 Å². The van der Waals surface area contributed by atoms with E-state index < -0.39 is 0 Å². The number of carbonyl (C=O) groups is 1. The van der Waals surface area contributed by atoms with Crippen molar-refractivity contribution < 1.29 is 13.7 Å². The van der Waals surface area contributed by atoms with Gasteiger partial charge in [0.15, 0.2) is 5.76 Å². The summed E-state index contributed by atoms with van der Waals surface area (Å²) in [6.07, 6.45) is 1.61. The molecule has 2 heterocycles. The summed E-state index contributed by atoms with van der Waals surface area (Å²) in [5, 5.41) is 4.16. The molecule has 3 aromatic rings. The minimum atomic E-state index is -0.101. The molecule has 0 saturated carbocycles. The molecule has 0 fully saturated rings. The van der Waals surface area contributed by atoms with Gasteiger partial charge in [0.1, 0.15) is 11.5 Å². The Balaban J connectivity index is 1.79. The zero-order valence-electron chi connectivity index (χ0n) is 15.7. The van der Waals surface area contributed by atoms with E-state index in [0.29, 0.717) is 18.8 Å². The number of furan rings is 1. The van der Waals surface area contributed by atoms with Gasteiger partial charge in [-0.3, -0.25) is 4.79 Å². The van der Waals surface area contributed by atoms with E-state index in [1.165, 1.54) is 11.1 Å². The van der Waals surface area contributed by atoms with E-state index in [0.717, 1.165) is 17.0 Å². The van der Waals surface area contributed by atoms with Crippen LogP contribution in [0.3, 0.4) is 0 Å². The number of aryl methyl sites for hydroxylation is 2. The molecule has 0 radical (unpaired) electrons. The van der Waals surface area contributed by atoms with E-state index in [-0.39, 0.29) is 11.8 Å². The fourth-order valence-electron chi connectivity index (χ4n) is 2.78. The molecule has 0 N–H and O–H groups in total. The normalized spacial score (nSPS) is 11.1. The number of carbonyl (C=O) groups excluding carboxylic acids is 1. The van der Waals surface area contributed by atoms with Crippen molar-refractivity contribution in [2.24, 2.45) is 5.92 Å². The topological polar surface area (TPSA) is 59.5 Å². The molecule has 0 aliphatic rings. The summed E-state index contributed by atoms with van der Waals surface area (Å²) in [4.78, 5) is 14.3. The summed E-state index contributed by atoms with van der Waals surface area (Å²) in [5.41, 5.74) is 4.15. The zero-order valence-corrected chi connectivity index (χ0v) is 15.7. The second-order valence-electron chi connectivity index (χ2n) is 6.91. The van der Waals surface area contributed by atoms with Crippen LogP contribution in [0, 0.1) is 19.8 Å². The standard InChI is InChI=1S/C21H24N2O3/c1-14(2)21(24)23(13-19-6-5-9-25-19)12-18-11-20(26-22-18)17-8-7-15(3)16(4)10-17/h5-11,14H,12-13H2,1-4H3. The van der Waals surface area contributed by atoms with Gasteiger partial charge in [-0.05, 0) is 43.2 Å². The van der Waals surface area contributed by atoms with Crippen molar-refractivity contribution >= 4 is 5.91 Å². The van der Waals surface area contributed by atoms with Crippen LogP contribution in [0.2, 0.25) is 0 Å². The summed E-state index contributed by atoms with van der Waals surface area (Å²) in [7, 11) is 0. The first-order chi connectivity index (χ1) is 12.4. The highest BCUT2D eigenvalue weighted by Gasteiger charge is 2.20. The van der Waals surface area contributed by atoms with E-state index in [1.54, 1.807) is 11.2 Å². The van der Waals surface area contributed by atoms with Gasteiger partial charge in [-0.2, -0.15) is 0 Å². The van der Waals surface area contributed by atoms with Crippen molar-refractivity contribution in [1.82, 2.24) is 10.1 Å². The molecule has 0 aliphatic heterocycles. The molecule has 0 aliphatic carbocycles. The first-order valence-electron chi connectivity index (χ1n) is 8.78. The van der Waals surface area contributed by atoms with Crippen molar-refractivity contribution in [2.75, 3.05) is 0 Å². The molecule has 1 amide bonds. The Bertz CT molecular complexity index is 879. The third-order valence-electron chi connectivity index (χ3n) is 4.44. The van der Waals surface area contributed by atoms with Crippen LogP contribution in [0.25, 0.3) is 11.3 Å². The predicted octanol–water partition coefficient (Wildman–Crippen LogP) is 4.74. The number of benzene rings is 1. The molecule has 0 bridgehead atoms. The van der Waals surface area contributed by atoms with Gasteiger partial charge in [0, 0.05) is 17.5 Å². The van der Waals surface area contributed by atoms with Crippen LogP contribution in [0.4, 0.5) is 0 Å². The lowest BCUT2D eigenvalue weighted by Crippen LogP contribution is -2.33. The highest BCUT2D eigenvalue weighted by atomic mass is 16.5. The number of amides is 1. The summed E-state index contributed by atoms with van der Waals surface area (Å²) in [5.74, 6) is 1.41. The quantitative estimate of drug-likeness (QED) is 0.643. The van der Waals surface area contributed by atoms with E-state index in [9.17, 15) is 4.79 Å². The lowest BCUT2D eigenvalue weighted by molar-refractivity contribution is -0.136. The SMILES string of the molecule is Cc1ccc(-c2cc(CN(Cc3ccco3)C(=O)C(C)C)no2)cc1C. The molecule has 26 heavy (non-hydrogen) atoms. The first kappa shape index (κ1) is 18.0. The summed E-state index contributed by atoms with van der Waals surface area (Å²) in [6, 6.07) is 11.8. The van der Waals surface area contributed by atoms with E-state index in [4.69, 9.17) is 8.94 Å². The molecule has 0 atom stereocenters. The molecular formula is C21H24N2O3. The Morgan fingerprint density at radius 3 is 2.58 bits per heavy atom. The lowest BCUT2D eigenvalue weighted by Gasteiger charge is -2.22. The largest absolute Gasteiger partial charge is 0.467 e. The molecule has 0 saturated heterocycles. The Morgan fingerprint density at radius 1 is 1.12 bits per heavy atom. The molecule has 0 unspecified atom stereocenters. The van der Waals surface area contributed by atoms with E-state index >= 15 is 0 Å². The molecule has 2 aromatic heterocycles. The third kappa shape index (κ3) is 4.04. The number of nitrogens with zero attached hydrogens (tertiary/aromatic N) is 2. The zero-order chi connectivity index (χ0) is 18.7. The van der Waals surface area contributed by atoms with Gasteiger partial charge in [0.05, 0.1) is 19.4 Å². The van der Waals surface area contributed by atoms with Gasteiger partial charge in [0.2, 0.25) is 5.91 Å². The third-order valence-corrected chi connectivity index (χ3v) is 4.44. The van der Waals surface area contributed by atoms with Crippen molar-refractivity contribution in [3.8, 4) is 11.3 Å². The van der Waals surface area contributed by atoms with Crippen LogP contribution in [0.5, 0.6) is 0 Å². The minimum Gasteiger partial charge on any atom is -0.467 e. The molecule has 5 heteroatoms. The Morgan fingerprint density at radius 2 is 1.92 bits per heavy atom. The molecule has 0 spiro atoms. The van der Waals surface area contributed by atoms with Crippen molar-refractivity contribution in [1.29, 1.82) is 0 Å². The summed E-state index contributed by atoms with van der Waals surface area (Å²) >= 11 is 0. The highest BCUT2D eigenvalue weighted by Crippen LogP contribution is 2.24. The maximum Gasteiger partial charge on any atom is 0.225 e. The van der Waals surface area contributed by atoms with Gasteiger partial charge in [0.25, 0.3) is 0 Å². The maximum atomic E-state index is 12.6. The second-order valence-corrected chi connectivity index (χ2v) is 6.91. The Hall–Kier alpha value is -2.82. The molecule has 136 valence electrons. The Labute approximate surface area is 153 Å².